The Morgan fingerprint density at radius 3 is 2.38 bits per heavy atom. The fourth-order valence-electron chi connectivity index (χ4n) is 2.70. The van der Waals surface area contributed by atoms with Crippen LogP contribution in [0.5, 0.6) is 0 Å². The van der Waals surface area contributed by atoms with E-state index in [0.717, 1.165) is 17.4 Å². The van der Waals surface area contributed by atoms with Crippen molar-refractivity contribution in [3.63, 3.8) is 0 Å². The third kappa shape index (κ3) is 3.51. The lowest BCUT2D eigenvalue weighted by molar-refractivity contribution is 0.0642. The predicted molar refractivity (Wildman–Crippen MR) is 92.4 cm³/mol. The van der Waals surface area contributed by atoms with E-state index in [1.165, 1.54) is 0 Å². The molecule has 9 heteroatoms. The average Bonchev–Trinajstić information content (AvgIpc) is 2.44. The second-order valence-corrected chi connectivity index (χ2v) is 7.82. The molecule has 0 aliphatic heterocycles. The third-order valence-electron chi connectivity index (χ3n) is 3.71. The van der Waals surface area contributed by atoms with Gasteiger partial charge in [-0.15, -0.1) is 0 Å². The molecule has 0 fully saturated rings. The van der Waals surface area contributed by atoms with Gasteiger partial charge in [-0.05, 0) is 36.1 Å². The number of aryl methyl sites for hydroxylation is 1. The van der Waals surface area contributed by atoms with Gasteiger partial charge in [-0.2, -0.15) is 4.68 Å². The van der Waals surface area contributed by atoms with Crippen LogP contribution < -0.4 is 16.1 Å². The Morgan fingerprint density at radius 1 is 1.25 bits per heavy atom. The fourth-order valence-corrected chi connectivity index (χ4v) is 3.20. The van der Waals surface area contributed by atoms with E-state index in [1.54, 1.807) is 19.2 Å². The number of benzene rings is 1. The molecule has 0 amide bonds. The summed E-state index contributed by atoms with van der Waals surface area (Å²) >= 11 is 0. The molecule has 132 valence electrons. The molecule has 1 aromatic carbocycles. The summed E-state index contributed by atoms with van der Waals surface area (Å²) in [6.07, 6.45) is 0.639. The van der Waals surface area contributed by atoms with Crippen LogP contribution in [-0.2, 0) is 14.8 Å². The molecule has 0 radical (unpaired) electrons. The molecular weight excluding hydrogens is 334 g/mol. The van der Waals surface area contributed by atoms with Crippen molar-refractivity contribution in [2.75, 3.05) is 18.2 Å². The molecule has 2 N–H and O–H groups in total. The number of nitrogens with one attached hydrogen (secondary N) is 2. The first kappa shape index (κ1) is 18.2. The van der Waals surface area contributed by atoms with Crippen LogP contribution in [0.25, 0.3) is 10.9 Å². The molecule has 24 heavy (non-hydrogen) atoms. The van der Waals surface area contributed by atoms with Crippen LogP contribution in [0.2, 0.25) is 0 Å². The molecule has 0 aliphatic carbocycles. The third-order valence-corrected chi connectivity index (χ3v) is 4.22. The number of ether oxygens (including phenoxy) is 1. The van der Waals surface area contributed by atoms with Gasteiger partial charge in [0.25, 0.3) is 5.56 Å². The summed E-state index contributed by atoms with van der Waals surface area (Å²) in [5.41, 5.74) is 0.439. The molecular formula is C15H21N3O5S. The van der Waals surface area contributed by atoms with Crippen molar-refractivity contribution >= 4 is 20.9 Å². The number of nitrogens with zero attached hydrogens (tertiary/aromatic N) is 1. The number of rotatable bonds is 5. The summed E-state index contributed by atoms with van der Waals surface area (Å²) < 4.78 is 28.7. The van der Waals surface area contributed by atoms with E-state index in [-0.39, 0.29) is 17.4 Å². The molecule has 1 aromatic heterocycles. The Hall–Kier alpha value is -2.13. The quantitative estimate of drug-likeness (QED) is 0.826. The number of methoxy groups -OCH3 is 1. The van der Waals surface area contributed by atoms with Gasteiger partial charge >= 0.3 is 5.69 Å². The van der Waals surface area contributed by atoms with Gasteiger partial charge in [0.2, 0.25) is 10.0 Å². The Kier molecular flexibility index (Phi) is 4.86. The van der Waals surface area contributed by atoms with Gasteiger partial charge < -0.3 is 9.72 Å². The molecule has 1 atom stereocenters. The van der Waals surface area contributed by atoms with E-state index >= 15 is 0 Å². The van der Waals surface area contributed by atoms with Gasteiger partial charge in [0.05, 0.1) is 23.3 Å². The van der Waals surface area contributed by atoms with Crippen molar-refractivity contribution in [3.05, 3.63) is 44.1 Å². The maximum Gasteiger partial charge on any atom is 0.348 e. The summed E-state index contributed by atoms with van der Waals surface area (Å²) in [5.74, 6) is 0.172. The summed E-state index contributed by atoms with van der Waals surface area (Å²) in [5, 5.41) is 0.203. The molecule has 2 aromatic rings. The number of hydrogen-bond donors (Lipinski definition) is 2. The second kappa shape index (κ2) is 6.40. The summed E-state index contributed by atoms with van der Waals surface area (Å²) in [7, 11) is -2.19. The molecule has 1 unspecified atom stereocenters. The Morgan fingerprint density at radius 2 is 1.88 bits per heavy atom. The highest BCUT2D eigenvalue weighted by molar-refractivity contribution is 7.91. The van der Waals surface area contributed by atoms with Crippen molar-refractivity contribution in [1.82, 2.24) is 9.66 Å². The predicted octanol–water partition coefficient (Wildman–Crippen LogP) is 0.845. The van der Waals surface area contributed by atoms with Crippen LogP contribution in [0, 0.1) is 12.8 Å². The van der Waals surface area contributed by atoms with Crippen molar-refractivity contribution in [3.8, 4) is 0 Å². The normalized spacial score (nSPS) is 13.4. The van der Waals surface area contributed by atoms with Gasteiger partial charge in [0.15, 0.2) is 0 Å². The van der Waals surface area contributed by atoms with Gasteiger partial charge in [-0.25, -0.2) is 18.0 Å². The lowest BCUT2D eigenvalue weighted by Crippen LogP contribution is -2.43. The fraction of sp³-hybridized carbons (Fsp3) is 0.467. The average molecular weight is 355 g/mol. The smallest absolute Gasteiger partial charge is 0.348 e. The maximum absolute atomic E-state index is 12.5. The number of fused-ring (bicyclic) bond motifs is 1. The molecule has 1 heterocycles. The van der Waals surface area contributed by atoms with Crippen molar-refractivity contribution < 1.29 is 13.2 Å². The maximum atomic E-state index is 12.5. The van der Waals surface area contributed by atoms with Crippen molar-refractivity contribution in [2.24, 2.45) is 5.92 Å². The van der Waals surface area contributed by atoms with Crippen LogP contribution in [0.4, 0.5) is 0 Å². The minimum Gasteiger partial charge on any atom is -0.376 e. The van der Waals surface area contributed by atoms with Crippen LogP contribution in [-0.4, -0.2) is 31.4 Å². The standard InChI is InChI=1S/C15H21N3O5S/c1-8(2)13(23-4)10-7-11-12(6-9(10)3)16-15(20)18(14(11)19)17-24(5,21)22/h6-8,13,17H,1-5H3,(H,16,20). The van der Waals surface area contributed by atoms with E-state index in [2.05, 4.69) is 4.98 Å². The first-order valence-electron chi connectivity index (χ1n) is 7.35. The van der Waals surface area contributed by atoms with Gasteiger partial charge in [0, 0.05) is 7.11 Å². The zero-order valence-corrected chi connectivity index (χ0v) is 15.0. The summed E-state index contributed by atoms with van der Waals surface area (Å²) in [6.45, 7) is 5.85. The monoisotopic (exact) mass is 355 g/mol. The molecule has 0 saturated heterocycles. The number of hydrogen-bond acceptors (Lipinski definition) is 5. The highest BCUT2D eigenvalue weighted by atomic mass is 32.2. The van der Waals surface area contributed by atoms with E-state index in [1.807, 2.05) is 25.6 Å². The molecule has 0 spiro atoms. The SMILES string of the molecule is COC(c1cc2c(=O)n(NS(C)(=O)=O)c(=O)[nH]c2cc1C)C(C)C. The van der Waals surface area contributed by atoms with Crippen LogP contribution in [0.3, 0.4) is 0 Å². The van der Waals surface area contributed by atoms with Gasteiger partial charge in [-0.3, -0.25) is 4.79 Å². The van der Waals surface area contributed by atoms with Gasteiger partial charge in [-0.1, -0.05) is 13.8 Å². The van der Waals surface area contributed by atoms with E-state index in [9.17, 15) is 18.0 Å². The van der Waals surface area contributed by atoms with E-state index < -0.39 is 21.3 Å². The first-order valence-corrected chi connectivity index (χ1v) is 9.24. The molecule has 0 bridgehead atoms. The summed E-state index contributed by atoms with van der Waals surface area (Å²) in [6, 6.07) is 3.32. The number of aromatic amines is 1. The van der Waals surface area contributed by atoms with E-state index in [4.69, 9.17) is 4.74 Å². The minimum absolute atomic E-state index is 0.172. The molecule has 0 aliphatic rings. The minimum atomic E-state index is -3.78. The molecule has 8 nitrogen and oxygen atoms in total. The lowest BCUT2D eigenvalue weighted by Gasteiger charge is -2.22. The highest BCUT2D eigenvalue weighted by Gasteiger charge is 2.20. The van der Waals surface area contributed by atoms with Crippen molar-refractivity contribution in [1.29, 1.82) is 0 Å². The van der Waals surface area contributed by atoms with Crippen LogP contribution >= 0.6 is 0 Å². The largest absolute Gasteiger partial charge is 0.376 e. The highest BCUT2D eigenvalue weighted by Crippen LogP contribution is 2.29. The van der Waals surface area contributed by atoms with E-state index in [0.29, 0.717) is 10.2 Å². The molecule has 0 saturated carbocycles. The topological polar surface area (TPSA) is 110 Å². The Bertz CT molecular complexity index is 989. The second-order valence-electron chi connectivity index (χ2n) is 6.09. The van der Waals surface area contributed by atoms with Crippen molar-refractivity contribution in [2.45, 2.75) is 26.9 Å². The van der Waals surface area contributed by atoms with Crippen LogP contribution in [0.15, 0.2) is 21.7 Å². The van der Waals surface area contributed by atoms with Gasteiger partial charge in [0.1, 0.15) is 0 Å². The number of sulfonamides is 1. The Labute approximate surface area is 139 Å². The Balaban J connectivity index is 2.79. The number of H-pyrrole nitrogens is 1. The first-order chi connectivity index (χ1) is 11.0. The lowest BCUT2D eigenvalue weighted by atomic mass is 9.94. The molecule has 2 rings (SSSR count). The zero-order valence-electron chi connectivity index (χ0n) is 14.2. The summed E-state index contributed by atoms with van der Waals surface area (Å²) in [4.78, 5) is 29.0. The number of aromatic nitrogens is 2. The zero-order chi connectivity index (χ0) is 18.2. The van der Waals surface area contributed by atoms with Crippen LogP contribution in [0.1, 0.15) is 31.1 Å².